The molecule has 3 nitrogen and oxygen atoms in total. The molecule has 0 aliphatic carbocycles. The van der Waals surface area contributed by atoms with Crippen LogP contribution in [0.3, 0.4) is 0 Å². The molecule has 0 N–H and O–H groups in total. The van der Waals surface area contributed by atoms with Crippen molar-refractivity contribution in [2.75, 3.05) is 0 Å². The van der Waals surface area contributed by atoms with Crippen LogP contribution in [0.4, 0.5) is 0 Å². The molecule has 0 aliphatic heterocycles. The van der Waals surface area contributed by atoms with Gasteiger partial charge in [-0.05, 0) is 117 Å². The van der Waals surface area contributed by atoms with Crippen molar-refractivity contribution in [2.45, 2.75) is 0 Å². The van der Waals surface area contributed by atoms with Crippen molar-refractivity contribution in [1.29, 1.82) is 0 Å². The average Bonchev–Trinajstić information content (AvgIpc) is 4.02. The summed E-state index contributed by atoms with van der Waals surface area (Å²) < 4.78 is 11.3. The molecule has 0 radical (unpaired) electrons. The molecule has 0 unspecified atom stereocenters. The van der Waals surface area contributed by atoms with Crippen LogP contribution >= 0.6 is 0 Å². The predicted octanol–water partition coefficient (Wildman–Crippen LogP) is 16.4. The van der Waals surface area contributed by atoms with Gasteiger partial charge >= 0.3 is 0 Å². The standard InChI is InChI=1S/C60H38N2O/c1-3-11-39(12-4-1)45-27-34-55-52(37-45)53-38-46(40-13-5-2-6-14-40)28-35-56(53)61(55)47-29-23-43(24-30-47)41-19-21-42(22-20-41)44-25-31-48(32-26-44)62-54-17-9-7-16-51(54)59-57(62)36-33-50-49-15-8-10-18-58(49)63-60(50)59/h1-38H. The smallest absolute Gasteiger partial charge is 0.145 e. The molecule has 0 atom stereocenters. The van der Waals surface area contributed by atoms with Gasteiger partial charge in [0.05, 0.1) is 27.5 Å². The summed E-state index contributed by atoms with van der Waals surface area (Å²) in [7, 11) is 0. The molecule has 3 aromatic heterocycles. The van der Waals surface area contributed by atoms with Crippen LogP contribution in [-0.4, -0.2) is 9.13 Å². The molecular formula is C60H38N2O. The third-order valence-electron chi connectivity index (χ3n) is 13.0. The fourth-order valence-corrected chi connectivity index (χ4v) is 9.90. The number of hydrogen-bond donors (Lipinski definition) is 0. The molecule has 63 heavy (non-hydrogen) atoms. The second-order valence-corrected chi connectivity index (χ2v) is 16.5. The van der Waals surface area contributed by atoms with Gasteiger partial charge in [-0.15, -0.1) is 0 Å². The normalized spacial score (nSPS) is 11.8. The van der Waals surface area contributed by atoms with E-state index in [0.717, 1.165) is 49.7 Å². The first-order chi connectivity index (χ1) is 31.2. The van der Waals surface area contributed by atoms with Gasteiger partial charge in [0.25, 0.3) is 0 Å². The van der Waals surface area contributed by atoms with E-state index < -0.39 is 0 Å². The van der Waals surface area contributed by atoms with Gasteiger partial charge in [-0.25, -0.2) is 0 Å². The summed E-state index contributed by atoms with van der Waals surface area (Å²) >= 11 is 0. The van der Waals surface area contributed by atoms with Crippen LogP contribution in [0, 0.1) is 0 Å². The van der Waals surface area contributed by atoms with Gasteiger partial charge in [-0.3, -0.25) is 0 Å². The number of nitrogens with zero attached hydrogens (tertiary/aromatic N) is 2. The summed E-state index contributed by atoms with van der Waals surface area (Å²) in [6.45, 7) is 0. The first-order valence-corrected chi connectivity index (χ1v) is 21.6. The van der Waals surface area contributed by atoms with E-state index in [4.69, 9.17) is 4.42 Å². The van der Waals surface area contributed by atoms with Crippen LogP contribution in [0.2, 0.25) is 0 Å². The van der Waals surface area contributed by atoms with Crippen LogP contribution in [0.1, 0.15) is 0 Å². The minimum absolute atomic E-state index is 0.916. The monoisotopic (exact) mass is 802 g/mol. The Morgan fingerprint density at radius 1 is 0.254 bits per heavy atom. The highest BCUT2D eigenvalue weighted by Crippen LogP contribution is 2.41. The Bertz CT molecular complexity index is 3760. The van der Waals surface area contributed by atoms with Gasteiger partial charge in [-0.2, -0.15) is 0 Å². The topological polar surface area (TPSA) is 23.0 Å². The molecule has 0 bridgehead atoms. The Hall–Kier alpha value is -8.40. The van der Waals surface area contributed by atoms with Gasteiger partial charge in [0.2, 0.25) is 0 Å². The van der Waals surface area contributed by atoms with Crippen LogP contribution < -0.4 is 0 Å². The van der Waals surface area contributed by atoms with Crippen LogP contribution in [0.5, 0.6) is 0 Å². The molecule has 0 aliphatic rings. The molecule has 0 spiro atoms. The van der Waals surface area contributed by atoms with E-state index >= 15 is 0 Å². The zero-order valence-electron chi connectivity index (χ0n) is 34.2. The number of fused-ring (bicyclic) bond motifs is 10. The van der Waals surface area contributed by atoms with Crippen molar-refractivity contribution in [3.05, 3.63) is 231 Å². The summed E-state index contributed by atoms with van der Waals surface area (Å²) in [6, 6.07) is 83.3. The van der Waals surface area contributed by atoms with Crippen LogP contribution in [0.25, 0.3) is 121 Å². The molecule has 0 amide bonds. The van der Waals surface area contributed by atoms with Crippen molar-refractivity contribution in [1.82, 2.24) is 9.13 Å². The fraction of sp³-hybridized carbons (Fsp3) is 0. The van der Waals surface area contributed by atoms with Gasteiger partial charge in [0.1, 0.15) is 11.2 Å². The Balaban J connectivity index is 0.824. The van der Waals surface area contributed by atoms with Gasteiger partial charge in [0.15, 0.2) is 0 Å². The number of rotatable bonds is 6. The minimum Gasteiger partial charge on any atom is -0.455 e. The lowest BCUT2D eigenvalue weighted by molar-refractivity contribution is 0.673. The minimum atomic E-state index is 0.916. The van der Waals surface area contributed by atoms with Crippen LogP contribution in [0.15, 0.2) is 235 Å². The zero-order chi connectivity index (χ0) is 41.4. The Labute approximate surface area is 363 Å². The van der Waals surface area contributed by atoms with Crippen molar-refractivity contribution in [3.63, 3.8) is 0 Å². The second-order valence-electron chi connectivity index (χ2n) is 16.5. The van der Waals surface area contributed by atoms with Gasteiger partial charge in [-0.1, -0.05) is 158 Å². The predicted molar refractivity (Wildman–Crippen MR) is 264 cm³/mol. The van der Waals surface area contributed by atoms with E-state index in [1.54, 1.807) is 0 Å². The maximum Gasteiger partial charge on any atom is 0.145 e. The number of aromatic nitrogens is 2. The number of furan rings is 1. The molecule has 13 aromatic rings. The molecule has 10 aromatic carbocycles. The first kappa shape index (κ1) is 35.4. The number of para-hydroxylation sites is 2. The summed E-state index contributed by atoms with van der Waals surface area (Å²) in [5, 5.41) is 7.13. The van der Waals surface area contributed by atoms with Crippen molar-refractivity contribution >= 4 is 65.6 Å². The SMILES string of the molecule is c1ccc(-c2ccc3c(c2)c2cc(-c4ccccc4)ccc2n3-c2ccc(-c3ccc(-c4ccc(-n5c6ccccc6c6c7oc8ccccc8c7ccc65)cc4)cc3)cc2)cc1. The van der Waals surface area contributed by atoms with Crippen molar-refractivity contribution in [2.24, 2.45) is 0 Å². The van der Waals surface area contributed by atoms with Gasteiger partial charge in [0, 0.05) is 38.3 Å². The second kappa shape index (κ2) is 14.1. The molecule has 0 saturated carbocycles. The highest BCUT2D eigenvalue weighted by Gasteiger charge is 2.19. The Kier molecular flexibility index (Phi) is 7.91. The van der Waals surface area contributed by atoms with Crippen molar-refractivity contribution in [3.8, 4) is 55.9 Å². The van der Waals surface area contributed by atoms with E-state index in [2.05, 4.69) is 234 Å². The van der Waals surface area contributed by atoms with E-state index in [1.807, 2.05) is 6.07 Å². The Morgan fingerprint density at radius 3 is 1.21 bits per heavy atom. The third-order valence-corrected chi connectivity index (χ3v) is 13.0. The third kappa shape index (κ3) is 5.67. The molecule has 0 fully saturated rings. The maximum atomic E-state index is 6.51. The summed E-state index contributed by atoms with van der Waals surface area (Å²) in [5.41, 5.74) is 18.4. The molecule has 294 valence electrons. The Morgan fingerprint density at radius 2 is 0.651 bits per heavy atom. The van der Waals surface area contributed by atoms with E-state index in [1.165, 1.54) is 71.7 Å². The lowest BCUT2D eigenvalue weighted by Gasteiger charge is -2.11. The molecule has 0 saturated heterocycles. The summed E-state index contributed by atoms with van der Waals surface area (Å²) in [4.78, 5) is 0. The largest absolute Gasteiger partial charge is 0.455 e. The maximum absolute atomic E-state index is 6.51. The fourth-order valence-electron chi connectivity index (χ4n) is 9.90. The molecule has 3 heteroatoms. The van der Waals surface area contributed by atoms with Gasteiger partial charge < -0.3 is 13.6 Å². The quantitative estimate of drug-likeness (QED) is 0.164. The lowest BCUT2D eigenvalue weighted by Crippen LogP contribution is -1.94. The van der Waals surface area contributed by atoms with E-state index in [-0.39, 0.29) is 0 Å². The number of benzene rings is 10. The number of hydrogen-bond acceptors (Lipinski definition) is 1. The van der Waals surface area contributed by atoms with Crippen molar-refractivity contribution < 1.29 is 4.42 Å². The van der Waals surface area contributed by atoms with E-state index in [0.29, 0.717) is 0 Å². The highest BCUT2D eigenvalue weighted by atomic mass is 16.3. The molecule has 13 rings (SSSR count). The van der Waals surface area contributed by atoms with E-state index in [9.17, 15) is 0 Å². The summed E-state index contributed by atoms with van der Waals surface area (Å²) in [6.07, 6.45) is 0. The zero-order valence-corrected chi connectivity index (χ0v) is 34.2. The first-order valence-electron chi connectivity index (χ1n) is 21.6. The highest BCUT2D eigenvalue weighted by molar-refractivity contribution is 6.24. The molecular weight excluding hydrogens is 765 g/mol. The van der Waals surface area contributed by atoms with Crippen LogP contribution in [-0.2, 0) is 0 Å². The molecule has 3 heterocycles. The average molecular weight is 803 g/mol. The summed E-state index contributed by atoms with van der Waals surface area (Å²) in [5.74, 6) is 0. The lowest BCUT2D eigenvalue weighted by atomic mass is 10.00.